The Morgan fingerprint density at radius 3 is 2.22 bits per heavy atom. The van der Waals surface area contributed by atoms with Crippen molar-refractivity contribution in [1.29, 1.82) is 0 Å². The zero-order valence-electron chi connectivity index (χ0n) is 25.8. The Kier molecular flexibility index (Phi) is 9.99. The van der Waals surface area contributed by atoms with Crippen molar-refractivity contribution in [2.75, 3.05) is 23.1 Å². The van der Waals surface area contributed by atoms with Crippen molar-refractivity contribution in [2.24, 2.45) is 7.05 Å². The van der Waals surface area contributed by atoms with Gasteiger partial charge in [0.1, 0.15) is 17.0 Å². The third-order valence-corrected chi connectivity index (χ3v) is 10.1. The van der Waals surface area contributed by atoms with E-state index < -0.39 is 45.0 Å². The van der Waals surface area contributed by atoms with Crippen LogP contribution in [0.4, 0.5) is 34.8 Å². The molecule has 6 rings (SSSR count). The van der Waals surface area contributed by atoms with Crippen molar-refractivity contribution in [3.63, 3.8) is 0 Å². The maximum Gasteiger partial charge on any atom is 0.490 e. The number of carboxylic acids is 1. The monoisotopic (exact) mass is 820 g/mol. The summed E-state index contributed by atoms with van der Waals surface area (Å²) in [6.45, 7) is 2.37. The second kappa shape index (κ2) is 13.6. The number of benzene rings is 2. The molecule has 0 radical (unpaired) electrons. The minimum Gasteiger partial charge on any atom is -0.475 e. The van der Waals surface area contributed by atoms with Gasteiger partial charge in [0.05, 0.1) is 22.6 Å². The number of rotatable bonds is 7. The first-order valence-corrected chi connectivity index (χ1v) is 17.3. The number of carboxylic acid groups (broad SMARTS) is 1. The molecule has 1 saturated heterocycles. The Hall–Kier alpha value is -4.24. The summed E-state index contributed by atoms with van der Waals surface area (Å²) in [7, 11) is -2.33. The van der Waals surface area contributed by atoms with Crippen molar-refractivity contribution < 1.29 is 35.9 Å². The fourth-order valence-electron chi connectivity index (χ4n) is 5.42. The molecule has 2 fully saturated rings. The number of aliphatic carboxylic acids is 1. The van der Waals surface area contributed by atoms with E-state index in [1.807, 2.05) is 22.6 Å². The van der Waals surface area contributed by atoms with Crippen LogP contribution >= 0.6 is 22.6 Å². The highest BCUT2D eigenvalue weighted by molar-refractivity contribution is 14.1. The number of halogens is 5. The van der Waals surface area contributed by atoms with E-state index in [0.717, 1.165) is 12.8 Å². The second-order valence-corrected chi connectivity index (χ2v) is 14.3. The predicted octanol–water partition coefficient (Wildman–Crippen LogP) is 4.37. The molecule has 0 bridgehead atoms. The number of hydrogen-bond acceptors (Lipinski definition) is 7. The van der Waals surface area contributed by atoms with Gasteiger partial charge in [0.2, 0.25) is 0 Å². The lowest BCUT2D eigenvalue weighted by Crippen LogP contribution is -2.41. The fraction of sp³-hybridized carbons (Fsp3) is 0.333. The summed E-state index contributed by atoms with van der Waals surface area (Å²) >= 11 is 1.98. The number of fused-ring (bicyclic) bond motifs is 1. The van der Waals surface area contributed by atoms with Crippen LogP contribution in [-0.4, -0.2) is 56.8 Å². The maximum absolute atomic E-state index is 14.9. The van der Waals surface area contributed by atoms with E-state index in [2.05, 4.69) is 10.0 Å². The molecule has 13 nitrogen and oxygen atoms in total. The second-order valence-electron chi connectivity index (χ2n) is 11.4. The number of alkyl halides is 3. The van der Waals surface area contributed by atoms with E-state index in [-0.39, 0.29) is 45.4 Å². The summed E-state index contributed by atoms with van der Waals surface area (Å²) in [6.07, 6.45) is -2.26. The van der Waals surface area contributed by atoms with Crippen LogP contribution in [0, 0.1) is 16.3 Å². The molecule has 262 valence electrons. The third-order valence-electron chi connectivity index (χ3n) is 7.94. The SMILES string of the molecule is Cc1c(=O)n(C)c(Nc2ccc(I)cc2F)c2c(=O)n(C3CC3)c(=O)n(-c3cccc(NS(=O)(=O)N4CCCC4)c3)c12.O=C(O)C(F)(F)F. The van der Waals surface area contributed by atoms with E-state index in [1.165, 1.54) is 50.2 Å². The largest absolute Gasteiger partial charge is 0.490 e. The quantitative estimate of drug-likeness (QED) is 0.183. The van der Waals surface area contributed by atoms with Crippen LogP contribution in [0.5, 0.6) is 0 Å². The molecule has 0 atom stereocenters. The number of aromatic nitrogens is 3. The first kappa shape index (κ1) is 36.1. The van der Waals surface area contributed by atoms with Gasteiger partial charge in [-0.25, -0.2) is 14.0 Å². The Morgan fingerprint density at radius 1 is 1.02 bits per heavy atom. The van der Waals surface area contributed by atoms with E-state index in [1.54, 1.807) is 24.3 Å². The van der Waals surface area contributed by atoms with Gasteiger partial charge in [0.15, 0.2) is 0 Å². The number of pyridine rings is 1. The van der Waals surface area contributed by atoms with Gasteiger partial charge in [-0.1, -0.05) is 6.07 Å². The van der Waals surface area contributed by atoms with Gasteiger partial charge in [-0.3, -0.25) is 28.0 Å². The maximum atomic E-state index is 14.9. The summed E-state index contributed by atoms with van der Waals surface area (Å²) < 4.78 is 80.8. The molecule has 1 aliphatic heterocycles. The minimum atomic E-state index is -5.08. The first-order valence-electron chi connectivity index (χ1n) is 14.7. The van der Waals surface area contributed by atoms with Gasteiger partial charge in [-0.05, 0) is 91.6 Å². The van der Waals surface area contributed by atoms with Gasteiger partial charge in [0, 0.05) is 35.3 Å². The smallest absolute Gasteiger partial charge is 0.475 e. The summed E-state index contributed by atoms with van der Waals surface area (Å²) in [5, 5.41) is 10.1. The van der Waals surface area contributed by atoms with Gasteiger partial charge in [-0.2, -0.15) is 25.9 Å². The third kappa shape index (κ3) is 7.37. The zero-order valence-corrected chi connectivity index (χ0v) is 28.8. The van der Waals surface area contributed by atoms with Crippen LogP contribution in [0.1, 0.15) is 37.3 Å². The van der Waals surface area contributed by atoms with E-state index in [4.69, 9.17) is 9.90 Å². The van der Waals surface area contributed by atoms with Crippen LogP contribution in [0.3, 0.4) is 0 Å². The molecular formula is C30H29F4IN6O7S. The number of nitrogens with zero attached hydrogens (tertiary/aromatic N) is 4. The summed E-state index contributed by atoms with van der Waals surface area (Å²) in [5.74, 6) is -3.29. The molecule has 0 unspecified atom stereocenters. The molecule has 2 aromatic heterocycles. The van der Waals surface area contributed by atoms with Gasteiger partial charge in [0.25, 0.3) is 11.1 Å². The molecule has 0 spiro atoms. The van der Waals surface area contributed by atoms with Gasteiger partial charge < -0.3 is 10.4 Å². The average Bonchev–Trinajstić information content (AvgIpc) is 3.68. The number of aryl methyl sites for hydroxylation is 1. The van der Waals surface area contributed by atoms with E-state index in [9.17, 15) is 40.4 Å². The standard InChI is InChI=1S/C28H28FIN6O5S.C2HF3O2/c1-16-24-23(25(33(2)26(16)37)31-22-11-8-17(30)14-21(22)29)27(38)36(19-9-10-19)28(39)35(24)20-7-5-6-18(15-20)32-42(40,41)34-12-3-4-13-34;3-2(4,5)1(6)7/h5-8,11,14-15,19,31-32H,3-4,9-10,12-13H2,1-2H3;(H,6,7). The van der Waals surface area contributed by atoms with E-state index >= 15 is 0 Å². The Bertz CT molecular complexity index is 2260. The minimum absolute atomic E-state index is 0.0414. The average molecular weight is 821 g/mol. The summed E-state index contributed by atoms with van der Waals surface area (Å²) in [6, 6.07) is 10.5. The van der Waals surface area contributed by atoms with Crippen molar-refractivity contribution >= 4 is 66.9 Å². The lowest BCUT2D eigenvalue weighted by molar-refractivity contribution is -0.192. The zero-order chi connectivity index (χ0) is 36.0. The molecule has 3 heterocycles. The lowest BCUT2D eigenvalue weighted by atomic mass is 10.1. The molecule has 3 N–H and O–H groups in total. The van der Waals surface area contributed by atoms with Crippen molar-refractivity contribution in [3.8, 4) is 5.69 Å². The van der Waals surface area contributed by atoms with Crippen LogP contribution < -0.4 is 26.8 Å². The number of anilines is 3. The number of hydrogen-bond donors (Lipinski definition) is 3. The molecule has 2 aromatic carbocycles. The molecule has 0 amide bonds. The van der Waals surface area contributed by atoms with Crippen LogP contribution in [0.25, 0.3) is 16.6 Å². The Balaban J connectivity index is 0.000000606. The molecule has 49 heavy (non-hydrogen) atoms. The Labute approximate surface area is 289 Å². The predicted molar refractivity (Wildman–Crippen MR) is 181 cm³/mol. The molecule has 19 heteroatoms. The van der Waals surface area contributed by atoms with E-state index in [0.29, 0.717) is 29.5 Å². The Morgan fingerprint density at radius 2 is 1.65 bits per heavy atom. The van der Waals surface area contributed by atoms with Crippen LogP contribution in [0.2, 0.25) is 0 Å². The molecule has 4 aromatic rings. The topological polar surface area (TPSA) is 165 Å². The van der Waals surface area contributed by atoms with Crippen LogP contribution in [0.15, 0.2) is 56.8 Å². The first-order chi connectivity index (χ1) is 22.9. The number of nitrogens with one attached hydrogen (secondary N) is 2. The lowest BCUT2D eigenvalue weighted by Gasteiger charge is -2.21. The van der Waals surface area contributed by atoms with Gasteiger partial charge >= 0.3 is 28.0 Å². The number of carbonyl (C=O) groups is 1. The molecule has 2 aliphatic rings. The summed E-state index contributed by atoms with van der Waals surface area (Å²) in [4.78, 5) is 50.3. The van der Waals surface area contributed by atoms with Crippen molar-refractivity contribution in [3.05, 3.63) is 88.6 Å². The molecule has 1 aliphatic carbocycles. The van der Waals surface area contributed by atoms with Crippen molar-refractivity contribution in [2.45, 2.75) is 44.8 Å². The van der Waals surface area contributed by atoms with Crippen LogP contribution in [-0.2, 0) is 22.1 Å². The summed E-state index contributed by atoms with van der Waals surface area (Å²) in [5.41, 5.74) is -0.959. The van der Waals surface area contributed by atoms with Crippen molar-refractivity contribution in [1.82, 2.24) is 18.0 Å². The highest BCUT2D eigenvalue weighted by atomic mass is 127. The molecular weight excluding hydrogens is 791 g/mol. The molecule has 1 saturated carbocycles. The normalized spacial score (nSPS) is 15.2. The highest BCUT2D eigenvalue weighted by Gasteiger charge is 2.38. The highest BCUT2D eigenvalue weighted by Crippen LogP contribution is 2.34. The fourth-order valence-corrected chi connectivity index (χ4v) is 7.17. The van der Waals surface area contributed by atoms with Gasteiger partial charge in [-0.15, -0.1) is 0 Å².